The maximum Gasteiger partial charge on any atom is 0.246 e. The molecule has 1 fully saturated rings. The first kappa shape index (κ1) is 19.7. The SMILES string of the molecule is N#Cc1ccccc1S(=O)(=O)N1CCN(C(=O)/C=C/c2ccccc2F)CC1. The number of carbonyl (C=O) groups excluding carboxylic acids is 1. The quantitative estimate of drug-likeness (QED) is 0.739. The first-order chi connectivity index (χ1) is 13.4. The molecule has 0 aromatic heterocycles. The number of sulfonamides is 1. The van der Waals surface area contributed by atoms with Crippen LogP contribution in [0.15, 0.2) is 59.5 Å². The van der Waals surface area contributed by atoms with Crippen molar-refractivity contribution in [1.82, 2.24) is 9.21 Å². The number of nitrogens with zero attached hydrogens (tertiary/aromatic N) is 3. The Hall–Kier alpha value is -3.02. The molecule has 0 radical (unpaired) electrons. The monoisotopic (exact) mass is 399 g/mol. The molecule has 1 aliphatic rings. The van der Waals surface area contributed by atoms with Crippen molar-refractivity contribution in [2.24, 2.45) is 0 Å². The van der Waals surface area contributed by atoms with Gasteiger partial charge in [0.25, 0.3) is 0 Å². The fraction of sp³-hybridized carbons (Fsp3) is 0.200. The van der Waals surface area contributed by atoms with E-state index in [1.165, 1.54) is 39.6 Å². The second-order valence-electron chi connectivity index (χ2n) is 6.19. The molecule has 0 unspecified atom stereocenters. The van der Waals surface area contributed by atoms with Crippen LogP contribution in [0.4, 0.5) is 4.39 Å². The smallest absolute Gasteiger partial charge is 0.246 e. The van der Waals surface area contributed by atoms with Gasteiger partial charge < -0.3 is 4.90 Å². The van der Waals surface area contributed by atoms with Crippen molar-refractivity contribution in [2.75, 3.05) is 26.2 Å². The molecule has 8 heteroatoms. The van der Waals surface area contributed by atoms with Crippen molar-refractivity contribution in [3.05, 3.63) is 71.6 Å². The Balaban J connectivity index is 1.66. The maximum atomic E-state index is 13.6. The van der Waals surface area contributed by atoms with Gasteiger partial charge in [0.1, 0.15) is 11.9 Å². The molecule has 0 saturated carbocycles. The van der Waals surface area contributed by atoms with Gasteiger partial charge in [-0.2, -0.15) is 9.57 Å². The lowest BCUT2D eigenvalue weighted by atomic mass is 10.2. The third-order valence-electron chi connectivity index (χ3n) is 4.49. The molecule has 0 N–H and O–H groups in total. The minimum absolute atomic E-state index is 0.0308. The van der Waals surface area contributed by atoms with Crippen molar-refractivity contribution in [3.8, 4) is 6.07 Å². The van der Waals surface area contributed by atoms with E-state index in [1.54, 1.807) is 30.3 Å². The second kappa shape index (κ2) is 8.33. The fourth-order valence-corrected chi connectivity index (χ4v) is 4.51. The zero-order valence-corrected chi connectivity index (χ0v) is 15.8. The van der Waals surface area contributed by atoms with Crippen LogP contribution in [-0.4, -0.2) is 49.7 Å². The lowest BCUT2D eigenvalue weighted by molar-refractivity contribution is -0.127. The van der Waals surface area contributed by atoms with E-state index in [9.17, 15) is 17.6 Å². The minimum atomic E-state index is -3.81. The van der Waals surface area contributed by atoms with Gasteiger partial charge >= 0.3 is 0 Å². The summed E-state index contributed by atoms with van der Waals surface area (Å²) in [6.07, 6.45) is 2.69. The van der Waals surface area contributed by atoms with E-state index in [2.05, 4.69) is 0 Å². The molecule has 1 amide bonds. The first-order valence-corrected chi connectivity index (χ1v) is 10.1. The van der Waals surface area contributed by atoms with Gasteiger partial charge in [-0.05, 0) is 24.3 Å². The predicted molar refractivity (Wildman–Crippen MR) is 102 cm³/mol. The minimum Gasteiger partial charge on any atom is -0.337 e. The number of carbonyl (C=O) groups is 1. The van der Waals surface area contributed by atoms with Crippen LogP contribution < -0.4 is 0 Å². The lowest BCUT2D eigenvalue weighted by Crippen LogP contribution is -2.50. The molecule has 1 aliphatic heterocycles. The van der Waals surface area contributed by atoms with E-state index in [-0.39, 0.29) is 42.5 Å². The standard InChI is InChI=1S/C20H18FN3O3S/c21-18-7-3-1-5-16(18)9-10-20(25)23-11-13-24(14-12-23)28(26,27)19-8-4-2-6-17(19)15-22/h1-10H,11-14H2/b10-9+. The molecule has 2 aromatic rings. The molecule has 0 aliphatic carbocycles. The maximum absolute atomic E-state index is 13.6. The van der Waals surface area contributed by atoms with Crippen LogP contribution in [-0.2, 0) is 14.8 Å². The van der Waals surface area contributed by atoms with Gasteiger partial charge in [-0.3, -0.25) is 4.79 Å². The Morgan fingerprint density at radius 2 is 1.68 bits per heavy atom. The number of halogens is 1. The summed E-state index contributed by atoms with van der Waals surface area (Å²) in [5.41, 5.74) is 0.402. The summed E-state index contributed by atoms with van der Waals surface area (Å²) in [5, 5.41) is 9.15. The number of hydrogen-bond donors (Lipinski definition) is 0. The number of rotatable bonds is 4. The van der Waals surface area contributed by atoms with Crippen molar-refractivity contribution < 1.29 is 17.6 Å². The van der Waals surface area contributed by atoms with E-state index in [0.29, 0.717) is 5.56 Å². The fourth-order valence-electron chi connectivity index (χ4n) is 2.95. The van der Waals surface area contributed by atoms with Gasteiger partial charge in [0.2, 0.25) is 15.9 Å². The normalized spacial score (nSPS) is 15.5. The largest absolute Gasteiger partial charge is 0.337 e. The molecule has 0 spiro atoms. The molecule has 1 heterocycles. The highest BCUT2D eigenvalue weighted by Crippen LogP contribution is 2.21. The summed E-state index contributed by atoms with van der Waals surface area (Å²) in [4.78, 5) is 13.8. The van der Waals surface area contributed by atoms with Gasteiger partial charge in [-0.15, -0.1) is 0 Å². The average molecular weight is 399 g/mol. The van der Waals surface area contributed by atoms with Crippen LogP contribution in [0.3, 0.4) is 0 Å². The molecule has 1 saturated heterocycles. The second-order valence-corrected chi connectivity index (χ2v) is 8.10. The van der Waals surface area contributed by atoms with E-state index in [1.807, 2.05) is 6.07 Å². The molecular formula is C20H18FN3O3S. The van der Waals surface area contributed by atoms with Crippen LogP contribution in [0.1, 0.15) is 11.1 Å². The topological polar surface area (TPSA) is 81.5 Å². The molecule has 3 rings (SSSR count). The first-order valence-electron chi connectivity index (χ1n) is 8.64. The third-order valence-corrected chi connectivity index (χ3v) is 6.44. The molecule has 6 nitrogen and oxygen atoms in total. The number of amides is 1. The Kier molecular flexibility index (Phi) is 5.87. The van der Waals surface area contributed by atoms with Crippen molar-refractivity contribution >= 4 is 22.0 Å². The Bertz CT molecular complexity index is 1050. The summed E-state index contributed by atoms with van der Waals surface area (Å²) in [6, 6.07) is 14.1. The Labute approximate surface area is 163 Å². The summed E-state index contributed by atoms with van der Waals surface area (Å²) >= 11 is 0. The zero-order valence-electron chi connectivity index (χ0n) is 15.0. The predicted octanol–water partition coefficient (Wildman–Crippen LogP) is 2.24. The van der Waals surface area contributed by atoms with Gasteiger partial charge in [-0.25, -0.2) is 12.8 Å². The van der Waals surface area contributed by atoms with E-state index >= 15 is 0 Å². The van der Waals surface area contributed by atoms with Crippen LogP contribution in [0.2, 0.25) is 0 Å². The summed E-state index contributed by atoms with van der Waals surface area (Å²) in [5.74, 6) is -0.726. The summed E-state index contributed by atoms with van der Waals surface area (Å²) < 4.78 is 40.5. The van der Waals surface area contributed by atoms with Crippen LogP contribution in [0, 0.1) is 17.1 Å². The van der Waals surface area contributed by atoms with Gasteiger partial charge in [0, 0.05) is 37.8 Å². The average Bonchev–Trinajstić information content (AvgIpc) is 2.73. The van der Waals surface area contributed by atoms with Crippen molar-refractivity contribution in [3.63, 3.8) is 0 Å². The molecule has 2 aromatic carbocycles. The van der Waals surface area contributed by atoms with Crippen molar-refractivity contribution in [2.45, 2.75) is 4.90 Å². The highest BCUT2D eigenvalue weighted by Gasteiger charge is 2.31. The highest BCUT2D eigenvalue weighted by atomic mass is 32.2. The van der Waals surface area contributed by atoms with E-state index in [4.69, 9.17) is 5.26 Å². The van der Waals surface area contributed by atoms with Crippen LogP contribution in [0.25, 0.3) is 6.08 Å². The number of nitriles is 1. The van der Waals surface area contributed by atoms with Crippen LogP contribution in [0.5, 0.6) is 0 Å². The zero-order chi connectivity index (χ0) is 20.1. The molecule has 28 heavy (non-hydrogen) atoms. The van der Waals surface area contributed by atoms with Crippen LogP contribution >= 0.6 is 0 Å². The lowest BCUT2D eigenvalue weighted by Gasteiger charge is -2.33. The molecule has 0 atom stereocenters. The molecule has 0 bridgehead atoms. The molecule has 144 valence electrons. The van der Waals surface area contributed by atoms with Gasteiger partial charge in [0.15, 0.2) is 0 Å². The summed E-state index contributed by atoms with van der Waals surface area (Å²) in [6.45, 7) is 0.686. The van der Waals surface area contributed by atoms with E-state index < -0.39 is 15.8 Å². The van der Waals surface area contributed by atoms with E-state index in [0.717, 1.165) is 0 Å². The van der Waals surface area contributed by atoms with Gasteiger partial charge in [-0.1, -0.05) is 30.3 Å². The van der Waals surface area contributed by atoms with Crippen molar-refractivity contribution in [1.29, 1.82) is 5.26 Å². The molecular weight excluding hydrogens is 381 g/mol. The summed E-state index contributed by atoms with van der Waals surface area (Å²) in [7, 11) is -3.81. The Morgan fingerprint density at radius 1 is 1.04 bits per heavy atom. The Morgan fingerprint density at radius 3 is 2.36 bits per heavy atom. The van der Waals surface area contributed by atoms with Gasteiger partial charge in [0.05, 0.1) is 10.5 Å². The third kappa shape index (κ3) is 4.11. The highest BCUT2D eigenvalue weighted by molar-refractivity contribution is 7.89. The number of piperazine rings is 1. The number of hydrogen-bond acceptors (Lipinski definition) is 4. The number of benzene rings is 2.